The molecule has 0 radical (unpaired) electrons. The standard InChI is InChI=1S/C19H18N2O5/c22-18(16-2-1-3-17(16)19(23)24)20-14-8-4-12(5-9-14)13-6-10-15(11-7-13)21(25)26/h4-11,16-17H,1-3H2,(H,20,22)(H,23,24). The van der Waals surface area contributed by atoms with E-state index in [0.29, 0.717) is 18.5 Å². The van der Waals surface area contributed by atoms with E-state index in [4.69, 9.17) is 0 Å². The Morgan fingerprint density at radius 1 is 0.962 bits per heavy atom. The van der Waals surface area contributed by atoms with Gasteiger partial charge in [-0.3, -0.25) is 19.7 Å². The first kappa shape index (κ1) is 17.6. The van der Waals surface area contributed by atoms with Crippen LogP contribution in [0.25, 0.3) is 11.1 Å². The van der Waals surface area contributed by atoms with Gasteiger partial charge in [-0.15, -0.1) is 0 Å². The summed E-state index contributed by atoms with van der Waals surface area (Å²) in [4.78, 5) is 33.8. The number of benzene rings is 2. The smallest absolute Gasteiger partial charge is 0.307 e. The first-order chi connectivity index (χ1) is 12.5. The number of nitrogens with zero attached hydrogens (tertiary/aromatic N) is 1. The lowest BCUT2D eigenvalue weighted by atomic mass is 9.95. The SMILES string of the molecule is O=C(O)C1CCCC1C(=O)Nc1ccc(-c2ccc([N+](=O)[O-])cc2)cc1. The average Bonchev–Trinajstić information content (AvgIpc) is 3.13. The summed E-state index contributed by atoms with van der Waals surface area (Å²) >= 11 is 0. The molecule has 7 nitrogen and oxygen atoms in total. The Balaban J connectivity index is 1.68. The topological polar surface area (TPSA) is 110 Å². The van der Waals surface area contributed by atoms with E-state index in [9.17, 15) is 24.8 Å². The number of carboxylic acid groups (broad SMARTS) is 1. The van der Waals surface area contributed by atoms with Crippen LogP contribution in [0.3, 0.4) is 0 Å². The molecule has 0 spiro atoms. The molecule has 2 atom stereocenters. The number of nitro benzene ring substituents is 1. The molecule has 1 aliphatic carbocycles. The maximum absolute atomic E-state index is 12.3. The third-order valence-electron chi connectivity index (χ3n) is 4.73. The number of carboxylic acids is 1. The van der Waals surface area contributed by atoms with Crippen LogP contribution in [0.1, 0.15) is 19.3 Å². The number of nitro groups is 1. The van der Waals surface area contributed by atoms with Crippen LogP contribution in [0.4, 0.5) is 11.4 Å². The number of hydrogen-bond donors (Lipinski definition) is 2. The van der Waals surface area contributed by atoms with E-state index in [2.05, 4.69) is 5.32 Å². The molecular weight excluding hydrogens is 336 g/mol. The summed E-state index contributed by atoms with van der Waals surface area (Å²) in [6, 6.07) is 13.3. The van der Waals surface area contributed by atoms with Crippen molar-refractivity contribution in [3.8, 4) is 11.1 Å². The fourth-order valence-corrected chi connectivity index (χ4v) is 3.33. The van der Waals surface area contributed by atoms with Crippen LogP contribution in [-0.4, -0.2) is 21.9 Å². The average molecular weight is 354 g/mol. The van der Waals surface area contributed by atoms with Crippen molar-refractivity contribution in [2.75, 3.05) is 5.32 Å². The van der Waals surface area contributed by atoms with Gasteiger partial charge in [-0.2, -0.15) is 0 Å². The van der Waals surface area contributed by atoms with E-state index in [0.717, 1.165) is 17.5 Å². The zero-order chi connectivity index (χ0) is 18.7. The molecule has 2 aromatic rings. The lowest BCUT2D eigenvalue weighted by Crippen LogP contribution is -2.29. The highest BCUT2D eigenvalue weighted by Crippen LogP contribution is 2.33. The summed E-state index contributed by atoms with van der Waals surface area (Å²) in [5.41, 5.74) is 2.32. The molecule has 1 amide bonds. The molecule has 1 aliphatic rings. The van der Waals surface area contributed by atoms with E-state index in [1.807, 2.05) is 0 Å². The molecule has 2 N–H and O–H groups in total. The van der Waals surface area contributed by atoms with Gasteiger partial charge in [0, 0.05) is 17.8 Å². The Labute approximate surface area is 149 Å². The van der Waals surface area contributed by atoms with Crippen LogP contribution in [-0.2, 0) is 9.59 Å². The zero-order valence-electron chi connectivity index (χ0n) is 13.9. The number of rotatable bonds is 5. The fraction of sp³-hybridized carbons (Fsp3) is 0.263. The van der Waals surface area contributed by atoms with Crippen molar-refractivity contribution in [1.82, 2.24) is 0 Å². The fourth-order valence-electron chi connectivity index (χ4n) is 3.33. The maximum atomic E-state index is 12.3. The molecule has 2 unspecified atom stereocenters. The largest absolute Gasteiger partial charge is 0.481 e. The van der Waals surface area contributed by atoms with Crippen molar-refractivity contribution in [3.05, 3.63) is 58.6 Å². The molecule has 2 aromatic carbocycles. The van der Waals surface area contributed by atoms with Crippen LogP contribution >= 0.6 is 0 Å². The number of aliphatic carboxylic acids is 1. The zero-order valence-corrected chi connectivity index (χ0v) is 13.9. The van der Waals surface area contributed by atoms with Gasteiger partial charge >= 0.3 is 5.97 Å². The molecule has 3 rings (SSSR count). The minimum Gasteiger partial charge on any atom is -0.481 e. The molecule has 26 heavy (non-hydrogen) atoms. The molecule has 1 saturated carbocycles. The molecule has 0 saturated heterocycles. The second-order valence-corrected chi connectivity index (χ2v) is 6.35. The third-order valence-corrected chi connectivity index (χ3v) is 4.73. The Morgan fingerprint density at radius 2 is 1.50 bits per heavy atom. The van der Waals surface area contributed by atoms with Gasteiger partial charge in [-0.05, 0) is 48.2 Å². The predicted octanol–water partition coefficient (Wildman–Crippen LogP) is 3.70. The number of carbonyl (C=O) groups excluding carboxylic acids is 1. The van der Waals surface area contributed by atoms with E-state index < -0.39 is 22.7 Å². The molecular formula is C19H18N2O5. The summed E-state index contributed by atoms with van der Waals surface area (Å²) in [5, 5.41) is 22.7. The lowest BCUT2D eigenvalue weighted by Gasteiger charge is -2.15. The van der Waals surface area contributed by atoms with Crippen molar-refractivity contribution in [1.29, 1.82) is 0 Å². The number of nitrogens with one attached hydrogen (secondary N) is 1. The van der Waals surface area contributed by atoms with Crippen LogP contribution < -0.4 is 5.32 Å². The van der Waals surface area contributed by atoms with Crippen LogP contribution in [0.2, 0.25) is 0 Å². The van der Waals surface area contributed by atoms with Gasteiger partial charge in [0.25, 0.3) is 5.69 Å². The second-order valence-electron chi connectivity index (χ2n) is 6.35. The molecule has 7 heteroatoms. The number of hydrogen-bond acceptors (Lipinski definition) is 4. The Bertz CT molecular complexity index is 830. The summed E-state index contributed by atoms with van der Waals surface area (Å²) in [6.07, 6.45) is 1.87. The van der Waals surface area contributed by atoms with Gasteiger partial charge in [0.05, 0.1) is 16.8 Å². The highest BCUT2D eigenvalue weighted by atomic mass is 16.6. The predicted molar refractivity (Wildman–Crippen MR) is 95.6 cm³/mol. The molecule has 0 heterocycles. The number of carbonyl (C=O) groups is 2. The van der Waals surface area contributed by atoms with Crippen molar-refractivity contribution < 1.29 is 19.6 Å². The first-order valence-electron chi connectivity index (χ1n) is 8.34. The van der Waals surface area contributed by atoms with E-state index in [1.165, 1.54) is 12.1 Å². The summed E-state index contributed by atoms with van der Waals surface area (Å²) in [6.45, 7) is 0. The van der Waals surface area contributed by atoms with Gasteiger partial charge in [0.1, 0.15) is 0 Å². The minimum absolute atomic E-state index is 0.0298. The summed E-state index contributed by atoms with van der Waals surface area (Å²) < 4.78 is 0. The van der Waals surface area contributed by atoms with Crippen molar-refractivity contribution in [3.63, 3.8) is 0 Å². The second kappa shape index (κ2) is 7.35. The molecule has 0 aromatic heterocycles. The quantitative estimate of drug-likeness (QED) is 0.628. The monoisotopic (exact) mass is 354 g/mol. The van der Waals surface area contributed by atoms with Crippen LogP contribution in [0.5, 0.6) is 0 Å². The number of anilines is 1. The Hall–Kier alpha value is -3.22. The van der Waals surface area contributed by atoms with Gasteiger partial charge in [0.2, 0.25) is 5.91 Å². The van der Waals surface area contributed by atoms with Crippen molar-refractivity contribution in [2.24, 2.45) is 11.8 Å². The Morgan fingerprint density at radius 3 is 2.04 bits per heavy atom. The van der Waals surface area contributed by atoms with E-state index in [-0.39, 0.29) is 11.6 Å². The molecule has 0 bridgehead atoms. The first-order valence-corrected chi connectivity index (χ1v) is 8.34. The van der Waals surface area contributed by atoms with Gasteiger partial charge < -0.3 is 10.4 Å². The third kappa shape index (κ3) is 3.72. The Kier molecular flexibility index (Phi) is 4.97. The maximum Gasteiger partial charge on any atom is 0.307 e. The van der Waals surface area contributed by atoms with Crippen LogP contribution in [0, 0.1) is 22.0 Å². The van der Waals surface area contributed by atoms with Gasteiger partial charge in [0.15, 0.2) is 0 Å². The number of amides is 1. The van der Waals surface area contributed by atoms with E-state index in [1.54, 1.807) is 36.4 Å². The lowest BCUT2D eigenvalue weighted by molar-refractivity contribution is -0.384. The highest BCUT2D eigenvalue weighted by molar-refractivity contribution is 5.95. The minimum atomic E-state index is -0.920. The van der Waals surface area contributed by atoms with Crippen molar-refractivity contribution in [2.45, 2.75) is 19.3 Å². The number of non-ortho nitro benzene ring substituents is 1. The molecule has 0 aliphatic heterocycles. The summed E-state index contributed by atoms with van der Waals surface area (Å²) in [5.74, 6) is -2.30. The van der Waals surface area contributed by atoms with Crippen molar-refractivity contribution >= 4 is 23.3 Å². The van der Waals surface area contributed by atoms with Gasteiger partial charge in [-0.1, -0.05) is 18.6 Å². The molecule has 1 fully saturated rings. The van der Waals surface area contributed by atoms with E-state index >= 15 is 0 Å². The van der Waals surface area contributed by atoms with Crippen LogP contribution in [0.15, 0.2) is 48.5 Å². The highest BCUT2D eigenvalue weighted by Gasteiger charge is 2.37. The molecule has 134 valence electrons. The van der Waals surface area contributed by atoms with Gasteiger partial charge in [-0.25, -0.2) is 0 Å². The normalized spacial score (nSPS) is 19.1. The summed E-state index contributed by atoms with van der Waals surface area (Å²) in [7, 11) is 0.